The summed E-state index contributed by atoms with van der Waals surface area (Å²) in [5.41, 5.74) is 9.23. The minimum absolute atomic E-state index is 0.0213. The molecule has 2 N–H and O–H groups in total. The summed E-state index contributed by atoms with van der Waals surface area (Å²) < 4.78 is 46.6. The Labute approximate surface area is 408 Å². The maximum atomic E-state index is 14.2. The number of para-hydroxylation sites is 2. The molecule has 0 radical (unpaired) electrons. The van der Waals surface area contributed by atoms with Crippen LogP contribution < -0.4 is 44.3 Å². The number of methoxy groups -OCH3 is 4. The first kappa shape index (κ1) is 48.2. The van der Waals surface area contributed by atoms with Gasteiger partial charge in [-0.15, -0.1) is 0 Å². The Morgan fingerprint density at radius 1 is 0.657 bits per heavy atom. The van der Waals surface area contributed by atoms with Gasteiger partial charge in [0.25, 0.3) is 11.8 Å². The number of esters is 1. The zero-order valence-corrected chi connectivity index (χ0v) is 40.3. The summed E-state index contributed by atoms with van der Waals surface area (Å²) >= 11 is 0. The van der Waals surface area contributed by atoms with Crippen molar-refractivity contribution in [2.75, 3.05) is 101 Å². The predicted molar refractivity (Wildman–Crippen MR) is 265 cm³/mol. The number of hydrogen-bond donors (Lipinski definition) is 2. The van der Waals surface area contributed by atoms with Gasteiger partial charge in [0.15, 0.2) is 23.0 Å². The van der Waals surface area contributed by atoms with Crippen LogP contribution in [0.5, 0.6) is 23.0 Å². The van der Waals surface area contributed by atoms with Gasteiger partial charge in [-0.05, 0) is 89.2 Å². The highest BCUT2D eigenvalue weighted by atomic mass is 16.5. The van der Waals surface area contributed by atoms with Gasteiger partial charge in [-0.2, -0.15) is 0 Å². The molecule has 4 aliphatic rings. The molecule has 368 valence electrons. The number of carbonyl (C=O) groups is 3. The Bertz CT molecular complexity index is 2540. The molecule has 0 saturated carbocycles. The van der Waals surface area contributed by atoms with Crippen molar-refractivity contribution < 1.29 is 52.3 Å². The van der Waals surface area contributed by atoms with Crippen molar-refractivity contribution in [3.8, 4) is 23.0 Å². The Morgan fingerprint density at radius 2 is 1.29 bits per heavy atom. The molecule has 9 rings (SSSR count). The molecule has 0 saturated heterocycles. The van der Waals surface area contributed by atoms with Gasteiger partial charge in [0, 0.05) is 74.8 Å². The molecule has 5 aromatic carbocycles. The van der Waals surface area contributed by atoms with E-state index in [9.17, 15) is 14.4 Å². The van der Waals surface area contributed by atoms with Crippen LogP contribution in [0.25, 0.3) is 0 Å². The average molecular weight is 956 g/mol. The van der Waals surface area contributed by atoms with Crippen LogP contribution in [0.1, 0.15) is 61.4 Å². The van der Waals surface area contributed by atoms with Crippen molar-refractivity contribution in [3.63, 3.8) is 0 Å². The third-order valence-electron chi connectivity index (χ3n) is 13.2. The van der Waals surface area contributed by atoms with Gasteiger partial charge >= 0.3 is 5.97 Å². The third kappa shape index (κ3) is 10.5. The minimum Gasteiger partial charge on any atom is -0.493 e. The van der Waals surface area contributed by atoms with Crippen LogP contribution in [0.4, 0.5) is 22.7 Å². The van der Waals surface area contributed by atoms with E-state index in [4.69, 9.17) is 37.9 Å². The fourth-order valence-electron chi connectivity index (χ4n) is 9.73. The number of carbonyl (C=O) groups excluding carboxylic acids is 3. The summed E-state index contributed by atoms with van der Waals surface area (Å²) in [6, 6.07) is 29.4. The molecule has 4 heterocycles. The maximum absolute atomic E-state index is 14.2. The number of benzene rings is 5. The molecule has 0 fully saturated rings. The molecule has 0 spiro atoms. The Hall–Kier alpha value is -6.85. The van der Waals surface area contributed by atoms with Gasteiger partial charge in [0.2, 0.25) is 0 Å². The molecule has 70 heavy (non-hydrogen) atoms. The first-order chi connectivity index (χ1) is 34.3. The van der Waals surface area contributed by atoms with E-state index >= 15 is 0 Å². The number of hydrogen-bond acceptors (Lipinski definition) is 14. The SMILES string of the molecule is COCCOCCOCCN(CCCC(=O)OC)c1cc(COc2cc3c(cc2OC)C(=O)N2c4ccccc4C[C@H]2NC3)cc(COc2cc3c(cc2OC)C(=O)N2c4ccccc4C[C@H]2CN3)c1. The maximum Gasteiger partial charge on any atom is 0.305 e. The number of rotatable bonds is 22. The topological polar surface area (TPSA) is 159 Å². The van der Waals surface area contributed by atoms with Crippen LogP contribution in [0.3, 0.4) is 0 Å². The first-order valence-corrected chi connectivity index (χ1v) is 23.8. The molecule has 0 aromatic heterocycles. The van der Waals surface area contributed by atoms with Crippen LogP contribution >= 0.6 is 0 Å². The van der Waals surface area contributed by atoms with Crippen LogP contribution in [0.2, 0.25) is 0 Å². The molecule has 2 amide bonds. The van der Waals surface area contributed by atoms with Crippen molar-refractivity contribution in [1.82, 2.24) is 5.32 Å². The highest BCUT2D eigenvalue weighted by molar-refractivity contribution is 6.12. The van der Waals surface area contributed by atoms with Gasteiger partial charge in [-0.3, -0.25) is 24.6 Å². The number of ether oxygens (including phenoxy) is 8. The summed E-state index contributed by atoms with van der Waals surface area (Å²) in [4.78, 5) is 46.5. The number of fused-ring (bicyclic) bond motifs is 8. The average Bonchev–Trinajstić information content (AvgIpc) is 3.88. The smallest absolute Gasteiger partial charge is 0.305 e. The highest BCUT2D eigenvalue weighted by Gasteiger charge is 2.39. The fraction of sp³-hybridized carbons (Fsp3) is 0.389. The fourth-order valence-corrected chi connectivity index (χ4v) is 9.73. The molecule has 5 aromatic rings. The standard InChI is InChI=1S/C54H61N5O11/c1-63-18-19-68-21-20-67-17-16-57(15-9-14-52(60)66-4)40-23-35(33-69-49-26-39-31-56-51-27-38-11-6-8-13-46(38)59(51)53(61)42(39)28-47(49)64-2)22-36(24-40)34-70-50-30-44-43(29-48(50)65-3)54(62)58-41(32-55-44)25-37-10-5-7-12-45(37)58/h5-8,10-13,22-24,26,28-30,41,51,55-56H,9,14-21,25,27,31-34H2,1-4H3/t41-,51-/m0/s1. The summed E-state index contributed by atoms with van der Waals surface area (Å²) in [6.45, 7) is 4.66. The normalized spacial score (nSPS) is 16.4. The van der Waals surface area contributed by atoms with Gasteiger partial charge in [-0.1, -0.05) is 36.4 Å². The molecule has 16 nitrogen and oxygen atoms in total. The van der Waals surface area contributed by atoms with Crippen LogP contribution in [0.15, 0.2) is 91.0 Å². The highest BCUT2D eigenvalue weighted by Crippen LogP contribution is 2.42. The van der Waals surface area contributed by atoms with Gasteiger partial charge < -0.3 is 53.0 Å². The van der Waals surface area contributed by atoms with E-state index in [1.54, 1.807) is 33.5 Å². The zero-order chi connectivity index (χ0) is 48.6. The minimum atomic E-state index is -0.284. The van der Waals surface area contributed by atoms with Crippen molar-refractivity contribution in [2.45, 2.75) is 57.6 Å². The van der Waals surface area contributed by atoms with Crippen LogP contribution in [-0.2, 0) is 56.3 Å². The van der Waals surface area contributed by atoms with E-state index in [0.717, 1.165) is 57.7 Å². The van der Waals surface area contributed by atoms with E-state index in [0.29, 0.717) is 105 Å². The van der Waals surface area contributed by atoms with E-state index in [1.165, 1.54) is 7.11 Å². The molecule has 0 bridgehead atoms. The van der Waals surface area contributed by atoms with Crippen molar-refractivity contribution in [2.24, 2.45) is 0 Å². The van der Waals surface area contributed by atoms with Crippen LogP contribution in [-0.4, -0.2) is 111 Å². The second kappa shape index (κ2) is 22.3. The number of amides is 2. The van der Waals surface area contributed by atoms with Crippen molar-refractivity contribution >= 4 is 40.5 Å². The lowest BCUT2D eigenvalue weighted by molar-refractivity contribution is -0.140. The van der Waals surface area contributed by atoms with Gasteiger partial charge in [-0.25, -0.2) is 0 Å². The number of anilines is 4. The van der Waals surface area contributed by atoms with Crippen molar-refractivity contribution in [1.29, 1.82) is 0 Å². The van der Waals surface area contributed by atoms with Gasteiger partial charge in [0.1, 0.15) is 13.2 Å². The molecule has 16 heteroatoms. The molecule has 0 aliphatic carbocycles. The second-order valence-corrected chi connectivity index (χ2v) is 17.6. The lowest BCUT2D eigenvalue weighted by Crippen LogP contribution is -2.44. The zero-order valence-electron chi connectivity index (χ0n) is 40.3. The van der Waals surface area contributed by atoms with E-state index in [-0.39, 0.29) is 49.6 Å². The molecule has 0 unspecified atom stereocenters. The van der Waals surface area contributed by atoms with E-state index < -0.39 is 0 Å². The Morgan fingerprint density at radius 3 is 1.99 bits per heavy atom. The molecular weight excluding hydrogens is 895 g/mol. The lowest BCUT2D eigenvalue weighted by Gasteiger charge is -2.26. The number of nitrogens with zero attached hydrogens (tertiary/aromatic N) is 3. The second-order valence-electron chi connectivity index (χ2n) is 17.6. The molecule has 4 aliphatic heterocycles. The largest absolute Gasteiger partial charge is 0.493 e. The quantitative estimate of drug-likeness (QED) is 0.0544. The summed E-state index contributed by atoms with van der Waals surface area (Å²) in [6.07, 6.45) is 2.13. The first-order valence-electron chi connectivity index (χ1n) is 23.8. The number of nitrogens with one attached hydrogen (secondary N) is 2. The van der Waals surface area contributed by atoms with Gasteiger partial charge in [0.05, 0.1) is 77.8 Å². The molecule has 2 atom stereocenters. The van der Waals surface area contributed by atoms with E-state index in [2.05, 4.69) is 39.8 Å². The van der Waals surface area contributed by atoms with E-state index in [1.807, 2.05) is 64.4 Å². The van der Waals surface area contributed by atoms with Crippen LogP contribution in [0, 0.1) is 0 Å². The monoisotopic (exact) mass is 955 g/mol. The Kier molecular flexibility index (Phi) is 15.3. The summed E-state index contributed by atoms with van der Waals surface area (Å²) in [5.74, 6) is 1.38. The lowest BCUT2D eigenvalue weighted by atomic mass is 10.0. The third-order valence-corrected chi connectivity index (χ3v) is 13.2. The summed E-state index contributed by atoms with van der Waals surface area (Å²) in [7, 11) is 6.17. The summed E-state index contributed by atoms with van der Waals surface area (Å²) in [5, 5.41) is 7.11. The predicted octanol–water partition coefficient (Wildman–Crippen LogP) is 6.93. The Balaban J connectivity index is 0.984. The van der Waals surface area contributed by atoms with Crippen molar-refractivity contribution in [3.05, 3.63) is 130 Å². The molecular formula is C54H61N5O11.